The number of hydrogen-bond acceptors (Lipinski definition) is 4. The molecule has 22 heavy (non-hydrogen) atoms. The standard InChI is InChI=1S/C14H19N5O.2ClH/c1-9-12-7-10(8-16-13(12)18-17-9)14(20)19(2)11-3-5-15-6-4-11;;/h7-8,11,15H,3-6H2,1-2H3,(H,16,17,18);2*1H. The molecule has 0 bridgehead atoms. The number of fused-ring (bicyclic) bond motifs is 1. The summed E-state index contributed by atoms with van der Waals surface area (Å²) < 4.78 is 0. The Bertz CT molecular complexity index is 639. The molecule has 0 radical (unpaired) electrons. The number of halogens is 2. The maximum atomic E-state index is 12.6. The van der Waals surface area contributed by atoms with Gasteiger partial charge in [-0.15, -0.1) is 24.8 Å². The van der Waals surface area contributed by atoms with Gasteiger partial charge in [0.15, 0.2) is 5.65 Å². The fourth-order valence-electron chi connectivity index (χ4n) is 2.70. The predicted octanol–water partition coefficient (Wildman–Crippen LogP) is 1.93. The molecule has 1 aliphatic rings. The van der Waals surface area contributed by atoms with Gasteiger partial charge in [0.1, 0.15) is 0 Å². The van der Waals surface area contributed by atoms with Crippen molar-refractivity contribution >= 4 is 41.8 Å². The summed E-state index contributed by atoms with van der Waals surface area (Å²) in [5.41, 5.74) is 2.22. The highest BCUT2D eigenvalue weighted by Gasteiger charge is 2.23. The first-order chi connectivity index (χ1) is 9.66. The number of piperidine rings is 1. The van der Waals surface area contributed by atoms with E-state index in [4.69, 9.17) is 0 Å². The first-order valence-corrected chi connectivity index (χ1v) is 6.95. The summed E-state index contributed by atoms with van der Waals surface area (Å²) in [6.07, 6.45) is 3.62. The Kier molecular flexibility index (Phi) is 6.59. The Labute approximate surface area is 141 Å². The van der Waals surface area contributed by atoms with Crippen molar-refractivity contribution in [1.82, 2.24) is 25.4 Å². The van der Waals surface area contributed by atoms with Crippen molar-refractivity contribution in [2.45, 2.75) is 25.8 Å². The zero-order valence-corrected chi connectivity index (χ0v) is 14.3. The van der Waals surface area contributed by atoms with E-state index >= 15 is 0 Å². The number of hydrogen-bond donors (Lipinski definition) is 2. The highest BCUT2D eigenvalue weighted by atomic mass is 35.5. The van der Waals surface area contributed by atoms with Crippen molar-refractivity contribution in [1.29, 1.82) is 0 Å². The lowest BCUT2D eigenvalue weighted by Gasteiger charge is -2.31. The molecule has 2 aromatic rings. The largest absolute Gasteiger partial charge is 0.339 e. The molecule has 3 rings (SSSR count). The average Bonchev–Trinajstić information content (AvgIpc) is 2.87. The Hall–Kier alpha value is -1.37. The fraction of sp³-hybridized carbons (Fsp3) is 0.500. The topological polar surface area (TPSA) is 73.9 Å². The van der Waals surface area contributed by atoms with E-state index in [0.29, 0.717) is 17.3 Å². The van der Waals surface area contributed by atoms with Crippen molar-refractivity contribution in [3.63, 3.8) is 0 Å². The summed E-state index contributed by atoms with van der Waals surface area (Å²) >= 11 is 0. The number of rotatable bonds is 2. The molecular weight excluding hydrogens is 325 g/mol. The molecular formula is C14H21Cl2N5O. The maximum Gasteiger partial charge on any atom is 0.255 e. The van der Waals surface area contributed by atoms with Gasteiger partial charge in [0, 0.05) is 30.4 Å². The molecule has 1 aliphatic heterocycles. The number of aryl methyl sites for hydroxylation is 1. The van der Waals surface area contributed by atoms with Crippen LogP contribution in [-0.4, -0.2) is 52.2 Å². The zero-order valence-electron chi connectivity index (χ0n) is 12.6. The van der Waals surface area contributed by atoms with Crippen LogP contribution in [0.2, 0.25) is 0 Å². The molecule has 2 N–H and O–H groups in total. The molecule has 0 aromatic carbocycles. The monoisotopic (exact) mass is 345 g/mol. The number of amides is 1. The van der Waals surface area contributed by atoms with E-state index in [0.717, 1.165) is 37.0 Å². The van der Waals surface area contributed by atoms with Crippen molar-refractivity contribution in [2.24, 2.45) is 0 Å². The van der Waals surface area contributed by atoms with Gasteiger partial charge in [-0.3, -0.25) is 9.89 Å². The molecule has 1 amide bonds. The Morgan fingerprint density at radius 3 is 2.68 bits per heavy atom. The van der Waals surface area contributed by atoms with Crippen LogP contribution in [0.4, 0.5) is 0 Å². The van der Waals surface area contributed by atoms with Crippen molar-refractivity contribution in [2.75, 3.05) is 20.1 Å². The lowest BCUT2D eigenvalue weighted by atomic mass is 10.0. The van der Waals surface area contributed by atoms with E-state index in [9.17, 15) is 4.79 Å². The molecule has 6 nitrogen and oxygen atoms in total. The molecule has 0 unspecified atom stereocenters. The minimum atomic E-state index is 0. The van der Waals surface area contributed by atoms with Gasteiger partial charge in [-0.1, -0.05) is 0 Å². The number of carbonyl (C=O) groups excluding carboxylic acids is 1. The van der Waals surface area contributed by atoms with Crippen LogP contribution >= 0.6 is 24.8 Å². The highest BCUT2D eigenvalue weighted by molar-refractivity contribution is 5.97. The third kappa shape index (κ3) is 3.51. The summed E-state index contributed by atoms with van der Waals surface area (Å²) in [7, 11) is 1.88. The van der Waals surface area contributed by atoms with E-state index in [2.05, 4.69) is 20.5 Å². The average molecular weight is 346 g/mol. The lowest BCUT2D eigenvalue weighted by molar-refractivity contribution is 0.0703. The molecule has 1 saturated heterocycles. The van der Waals surface area contributed by atoms with Gasteiger partial charge in [-0.2, -0.15) is 5.10 Å². The minimum Gasteiger partial charge on any atom is -0.339 e. The first kappa shape index (κ1) is 18.7. The quantitative estimate of drug-likeness (QED) is 0.872. The summed E-state index contributed by atoms with van der Waals surface area (Å²) in [6.45, 7) is 3.88. The number of nitrogens with zero attached hydrogens (tertiary/aromatic N) is 3. The second kappa shape index (κ2) is 7.76. The Morgan fingerprint density at radius 1 is 1.32 bits per heavy atom. The smallest absolute Gasteiger partial charge is 0.255 e. The molecule has 0 saturated carbocycles. The molecule has 0 atom stereocenters. The van der Waals surface area contributed by atoms with Gasteiger partial charge in [-0.25, -0.2) is 4.98 Å². The van der Waals surface area contributed by atoms with Crippen LogP contribution in [0, 0.1) is 6.92 Å². The van der Waals surface area contributed by atoms with Crippen LogP contribution in [0.5, 0.6) is 0 Å². The van der Waals surface area contributed by atoms with E-state index in [1.54, 1.807) is 6.20 Å². The van der Waals surface area contributed by atoms with Gasteiger partial charge in [0.25, 0.3) is 5.91 Å². The van der Waals surface area contributed by atoms with E-state index in [1.165, 1.54) is 0 Å². The normalized spacial score (nSPS) is 15.0. The summed E-state index contributed by atoms with van der Waals surface area (Å²) in [6, 6.07) is 2.19. The van der Waals surface area contributed by atoms with Crippen LogP contribution in [0.15, 0.2) is 12.3 Å². The van der Waals surface area contributed by atoms with E-state index < -0.39 is 0 Å². The van der Waals surface area contributed by atoms with Crippen LogP contribution in [0.25, 0.3) is 11.0 Å². The van der Waals surface area contributed by atoms with Crippen molar-refractivity contribution in [3.05, 3.63) is 23.5 Å². The zero-order chi connectivity index (χ0) is 14.1. The molecule has 0 aliphatic carbocycles. The fourth-order valence-corrected chi connectivity index (χ4v) is 2.70. The first-order valence-electron chi connectivity index (χ1n) is 6.95. The van der Waals surface area contributed by atoms with Crippen LogP contribution in [0.3, 0.4) is 0 Å². The van der Waals surface area contributed by atoms with Crippen LogP contribution in [-0.2, 0) is 0 Å². The van der Waals surface area contributed by atoms with Crippen molar-refractivity contribution < 1.29 is 4.79 Å². The van der Waals surface area contributed by atoms with Gasteiger partial charge in [0.2, 0.25) is 0 Å². The number of aromatic nitrogens is 3. The molecule has 3 heterocycles. The number of carbonyl (C=O) groups is 1. The second-order valence-electron chi connectivity index (χ2n) is 5.34. The van der Waals surface area contributed by atoms with Gasteiger partial charge >= 0.3 is 0 Å². The van der Waals surface area contributed by atoms with E-state index in [-0.39, 0.29) is 30.7 Å². The minimum absolute atomic E-state index is 0. The number of nitrogens with one attached hydrogen (secondary N) is 2. The highest BCUT2D eigenvalue weighted by Crippen LogP contribution is 2.18. The predicted molar refractivity (Wildman–Crippen MR) is 91.1 cm³/mol. The maximum absolute atomic E-state index is 12.6. The summed E-state index contributed by atoms with van der Waals surface area (Å²) in [4.78, 5) is 18.7. The molecule has 122 valence electrons. The van der Waals surface area contributed by atoms with Crippen LogP contribution < -0.4 is 5.32 Å². The van der Waals surface area contributed by atoms with Gasteiger partial charge in [-0.05, 0) is 38.9 Å². The van der Waals surface area contributed by atoms with Crippen LogP contribution in [0.1, 0.15) is 28.9 Å². The molecule has 0 spiro atoms. The van der Waals surface area contributed by atoms with Crippen molar-refractivity contribution in [3.8, 4) is 0 Å². The SMILES string of the molecule is Cc1[nH]nc2ncc(C(=O)N(C)C3CCNCC3)cc12.Cl.Cl. The third-order valence-electron chi connectivity index (χ3n) is 4.02. The second-order valence-corrected chi connectivity index (χ2v) is 5.34. The lowest BCUT2D eigenvalue weighted by Crippen LogP contribution is -2.43. The van der Waals surface area contributed by atoms with E-state index in [1.807, 2.05) is 24.9 Å². The summed E-state index contributed by atoms with van der Waals surface area (Å²) in [5, 5.41) is 11.2. The number of aromatic amines is 1. The Balaban J connectivity index is 0.00000121. The molecule has 2 aromatic heterocycles. The summed E-state index contributed by atoms with van der Waals surface area (Å²) in [5.74, 6) is 0.0342. The Morgan fingerprint density at radius 2 is 2.00 bits per heavy atom. The molecule has 8 heteroatoms. The van der Waals surface area contributed by atoms with Gasteiger partial charge in [0.05, 0.1) is 5.56 Å². The third-order valence-corrected chi connectivity index (χ3v) is 4.02. The molecule has 1 fully saturated rings. The van der Waals surface area contributed by atoms with Gasteiger partial charge < -0.3 is 10.2 Å². The number of pyridine rings is 1. The number of H-pyrrole nitrogens is 1.